The second-order valence-corrected chi connectivity index (χ2v) is 12.5. The number of hydrogen-bond acceptors (Lipinski definition) is 10. The van der Waals surface area contributed by atoms with Gasteiger partial charge in [-0.2, -0.15) is 43.9 Å². The van der Waals surface area contributed by atoms with Crippen molar-refractivity contribution in [2.45, 2.75) is 119 Å². The van der Waals surface area contributed by atoms with E-state index in [-0.39, 0.29) is 9.13 Å². The second-order valence-electron chi connectivity index (χ2n) is 12.5. The van der Waals surface area contributed by atoms with Gasteiger partial charge in [0.15, 0.2) is 6.67 Å². The summed E-state index contributed by atoms with van der Waals surface area (Å²) in [6.45, 7) is 1.71. The Balaban J connectivity index is 0.000000399. The van der Waals surface area contributed by atoms with Crippen LogP contribution < -0.4 is 0 Å². The highest BCUT2D eigenvalue weighted by Crippen LogP contribution is 2.39. The first-order chi connectivity index (χ1) is 26.6. The number of imidazole rings is 2. The molecule has 0 spiro atoms. The Morgan fingerprint density at radius 1 is 0.621 bits per heavy atom. The van der Waals surface area contributed by atoms with Gasteiger partial charge >= 0.3 is 65.6 Å². The lowest BCUT2D eigenvalue weighted by molar-refractivity contribution is -0.231. The Labute approximate surface area is 319 Å². The van der Waals surface area contributed by atoms with Gasteiger partial charge in [-0.25, -0.2) is 33.5 Å². The molecule has 0 aliphatic heterocycles. The van der Waals surface area contributed by atoms with Gasteiger partial charge in [0, 0.05) is 24.8 Å². The molecule has 26 heteroatoms. The molecular formula is C32H36F12N4O10. The van der Waals surface area contributed by atoms with Crippen LogP contribution in [0.4, 0.5) is 57.5 Å². The molecular weight excluding hydrogens is 828 g/mol. The number of carboxylic acid groups (broad SMARTS) is 2. The monoisotopic (exact) mass is 864 g/mol. The number of nitrogens with zero attached hydrogens (tertiary/aromatic N) is 4. The largest absolute Gasteiger partial charge is 0.495 e. The van der Waals surface area contributed by atoms with Crippen LogP contribution in [-0.2, 0) is 23.9 Å². The quantitative estimate of drug-likeness (QED) is 0.122. The summed E-state index contributed by atoms with van der Waals surface area (Å²) >= 11 is 0. The number of rotatable bonds is 12. The Hall–Kier alpha value is -5.20. The molecule has 2 aliphatic rings. The van der Waals surface area contributed by atoms with Gasteiger partial charge in [0.1, 0.15) is 23.9 Å². The van der Waals surface area contributed by atoms with Gasteiger partial charge in [0.25, 0.3) is 0 Å². The van der Waals surface area contributed by atoms with Gasteiger partial charge in [-0.3, -0.25) is 18.7 Å². The summed E-state index contributed by atoms with van der Waals surface area (Å²) in [6.07, 6.45) is 11.0. The predicted octanol–water partition coefficient (Wildman–Crippen LogP) is 7.43. The fourth-order valence-corrected chi connectivity index (χ4v) is 5.21. The Kier molecular flexibility index (Phi) is 17.5. The first-order valence-corrected chi connectivity index (χ1v) is 16.7. The standard InChI is InChI=1S/C10H6F4N4O2.C10H15F3O2.C8H13FO2.C4H2F4O4/c11-9(12,7(19)17-3-1-15-5-17)10(13,14)8(20)18-4-2-16-6-18;1-2-9(5-3-4-6-9)15-8(14)10(12,13)7-11;1-2-8(11-7(9)10)5-3-4-6-8;5-3(6,1(9)10)4(7,8)2(11)12/h1-6H;2-7H2,1H3;2-6H2,1H3;(H,9,10)(H,11,12). The Bertz CT molecular complexity index is 1620. The van der Waals surface area contributed by atoms with E-state index >= 15 is 0 Å². The number of halogens is 12. The summed E-state index contributed by atoms with van der Waals surface area (Å²) in [5.41, 5.74) is -1.25. The molecule has 2 aromatic heterocycles. The van der Waals surface area contributed by atoms with Crippen molar-refractivity contribution < 1.29 is 101 Å². The smallest absolute Gasteiger partial charge is 0.477 e. The number of ether oxygens (including phenoxy) is 2. The highest BCUT2D eigenvalue weighted by atomic mass is 19.3. The van der Waals surface area contributed by atoms with Crippen LogP contribution in [0.2, 0.25) is 0 Å². The van der Waals surface area contributed by atoms with E-state index in [0.717, 1.165) is 69.7 Å². The van der Waals surface area contributed by atoms with E-state index in [9.17, 15) is 81.5 Å². The maximum Gasteiger partial charge on any atom is 0.495 e. The van der Waals surface area contributed by atoms with Gasteiger partial charge in [0.05, 0.1) is 0 Å². The normalized spacial score (nSPS) is 16.2. The van der Waals surface area contributed by atoms with Gasteiger partial charge < -0.3 is 19.7 Å². The van der Waals surface area contributed by atoms with E-state index < -0.39 is 83.4 Å². The summed E-state index contributed by atoms with van der Waals surface area (Å²) in [6, 6.07) is 0. The molecule has 0 aromatic carbocycles. The lowest BCUT2D eigenvalue weighted by Crippen LogP contribution is -2.55. The minimum atomic E-state index is -5.60. The molecule has 2 heterocycles. The molecule has 0 unspecified atom stereocenters. The van der Waals surface area contributed by atoms with Crippen molar-refractivity contribution in [2.75, 3.05) is 6.67 Å². The predicted molar refractivity (Wildman–Crippen MR) is 168 cm³/mol. The van der Waals surface area contributed by atoms with Crippen LogP contribution in [0.15, 0.2) is 37.4 Å². The summed E-state index contributed by atoms with van der Waals surface area (Å²) in [7, 11) is 0. The van der Waals surface area contributed by atoms with Crippen molar-refractivity contribution >= 4 is 35.9 Å². The topological polar surface area (TPSA) is 197 Å². The van der Waals surface area contributed by atoms with E-state index in [0.29, 0.717) is 31.9 Å². The van der Waals surface area contributed by atoms with Crippen LogP contribution in [-0.4, -0.2) is 113 Å². The number of carbonyl (C=O) groups excluding carboxylic acids is 4. The first kappa shape index (κ1) is 50.8. The maximum atomic E-state index is 13.6. The molecule has 4 rings (SSSR count). The third-order valence-electron chi connectivity index (χ3n) is 8.73. The number of alkyl halides is 11. The molecule has 58 heavy (non-hydrogen) atoms. The van der Waals surface area contributed by atoms with Gasteiger partial charge in [-0.15, -0.1) is 4.39 Å². The SMILES string of the molecule is CCC1(OC(=O)C(F)(F)CF)CCCC1.CCC1(OC(=O)F)CCCC1.O=C(O)C(F)(F)C(F)(F)C(=O)O.O=C(n1ccnc1)C(F)(F)C(F)(F)C(=O)n1ccnc1. The highest BCUT2D eigenvalue weighted by molar-refractivity contribution is 5.97. The molecule has 2 saturated carbocycles. The van der Waals surface area contributed by atoms with Crippen molar-refractivity contribution in [1.82, 2.24) is 19.1 Å². The van der Waals surface area contributed by atoms with Gasteiger partial charge in [0.2, 0.25) is 0 Å². The average molecular weight is 865 g/mol. The van der Waals surface area contributed by atoms with Crippen molar-refractivity contribution in [2.24, 2.45) is 0 Å². The molecule has 2 aliphatic carbocycles. The summed E-state index contributed by atoms with van der Waals surface area (Å²) in [4.78, 5) is 69.4. The third kappa shape index (κ3) is 12.2. The van der Waals surface area contributed by atoms with Crippen LogP contribution in [0, 0.1) is 0 Å². The van der Waals surface area contributed by atoms with Crippen LogP contribution in [0.25, 0.3) is 0 Å². The van der Waals surface area contributed by atoms with Crippen LogP contribution >= 0.6 is 0 Å². The Morgan fingerprint density at radius 2 is 0.948 bits per heavy atom. The molecule has 0 radical (unpaired) electrons. The molecule has 0 amide bonds. The zero-order valence-electron chi connectivity index (χ0n) is 30.2. The number of carbonyl (C=O) groups is 6. The molecule has 328 valence electrons. The molecule has 0 saturated heterocycles. The van der Waals surface area contributed by atoms with Crippen molar-refractivity contribution in [3.63, 3.8) is 0 Å². The summed E-state index contributed by atoms with van der Waals surface area (Å²) < 4.78 is 161. The van der Waals surface area contributed by atoms with Crippen molar-refractivity contribution in [1.29, 1.82) is 0 Å². The van der Waals surface area contributed by atoms with Crippen molar-refractivity contribution in [3.05, 3.63) is 37.4 Å². The van der Waals surface area contributed by atoms with Crippen LogP contribution in [0.5, 0.6) is 0 Å². The zero-order chi connectivity index (χ0) is 45.0. The fraction of sp³-hybridized carbons (Fsp3) is 0.625. The summed E-state index contributed by atoms with van der Waals surface area (Å²) in [5.74, 6) is -38.3. The second kappa shape index (κ2) is 20.0. The lowest BCUT2D eigenvalue weighted by atomic mass is 9.99. The molecule has 2 N–H and O–H groups in total. The zero-order valence-corrected chi connectivity index (χ0v) is 30.2. The van der Waals surface area contributed by atoms with Crippen LogP contribution in [0.1, 0.15) is 87.6 Å². The molecule has 14 nitrogen and oxygen atoms in total. The molecule has 0 bridgehead atoms. The number of aromatic nitrogens is 4. The highest BCUT2D eigenvalue weighted by Gasteiger charge is 2.68. The van der Waals surface area contributed by atoms with E-state index in [1.54, 1.807) is 6.92 Å². The number of carboxylic acids is 2. The summed E-state index contributed by atoms with van der Waals surface area (Å²) in [5, 5.41) is 15.1. The number of hydrogen-bond donors (Lipinski definition) is 2. The molecule has 2 aromatic rings. The number of esters is 1. The van der Waals surface area contributed by atoms with Crippen LogP contribution in [0.3, 0.4) is 0 Å². The van der Waals surface area contributed by atoms with E-state index in [1.165, 1.54) is 0 Å². The first-order valence-electron chi connectivity index (χ1n) is 16.7. The molecule has 2 fully saturated rings. The Morgan fingerprint density at radius 3 is 1.19 bits per heavy atom. The minimum Gasteiger partial charge on any atom is -0.477 e. The van der Waals surface area contributed by atoms with Gasteiger partial charge in [-0.05, 0) is 64.2 Å². The third-order valence-corrected chi connectivity index (χ3v) is 8.73. The minimum absolute atomic E-state index is 0.176. The van der Waals surface area contributed by atoms with E-state index in [2.05, 4.69) is 14.7 Å². The van der Waals surface area contributed by atoms with Gasteiger partial charge in [-0.1, -0.05) is 13.8 Å². The maximum absolute atomic E-state index is 13.6. The molecule has 0 atom stereocenters. The fourth-order valence-electron chi connectivity index (χ4n) is 5.21. The average Bonchev–Trinajstić information content (AvgIpc) is 4.00. The number of aliphatic carboxylic acids is 2. The van der Waals surface area contributed by atoms with E-state index in [1.807, 2.05) is 6.92 Å². The van der Waals surface area contributed by atoms with Crippen molar-refractivity contribution in [3.8, 4) is 0 Å². The van der Waals surface area contributed by atoms with E-state index in [4.69, 9.17) is 14.9 Å². The lowest BCUT2D eigenvalue weighted by Gasteiger charge is -2.29.